The molecule has 0 fully saturated rings. The number of rotatable bonds is 7. The van der Waals surface area contributed by atoms with Gasteiger partial charge in [0.05, 0.1) is 11.4 Å². The standard InChI is InChI=1S/C28H24F2N4O5/c1-15(10-16-6-8-19(29)20(30)11-16)27(36)33-26-28(37)34(13-24(31)35)21-5-3-2-4-18(21)25(32-26)17-7-9-22-23(12-17)39-14-38-22/h2-9,11-12,15,26H,10,13-14H2,1H3,(H2,31,35)(H,33,36)/t15-,26?/m0/s1. The SMILES string of the molecule is C[C@@H](Cc1ccc(F)c(F)c1)C(=O)NC1N=C(c2ccc3c(c2)OCO3)c2ccccc2N(CC(N)=O)C1=O. The smallest absolute Gasteiger partial charge is 0.272 e. The molecule has 3 N–H and O–H groups in total. The van der Waals surface area contributed by atoms with Crippen LogP contribution in [0.25, 0.3) is 0 Å². The average Bonchev–Trinajstić information content (AvgIpc) is 3.35. The maximum Gasteiger partial charge on any atom is 0.272 e. The van der Waals surface area contributed by atoms with E-state index in [1.807, 2.05) is 0 Å². The number of nitrogens with one attached hydrogen (secondary N) is 1. The molecule has 3 aromatic carbocycles. The highest BCUT2D eigenvalue weighted by molar-refractivity contribution is 6.21. The Morgan fingerprint density at radius 3 is 2.62 bits per heavy atom. The zero-order chi connectivity index (χ0) is 27.7. The van der Waals surface area contributed by atoms with Crippen molar-refractivity contribution in [2.75, 3.05) is 18.2 Å². The first kappa shape index (κ1) is 25.8. The Hall–Kier alpha value is -4.80. The molecule has 3 aromatic rings. The van der Waals surface area contributed by atoms with Gasteiger partial charge in [-0.05, 0) is 48.4 Å². The third-order valence-electron chi connectivity index (χ3n) is 6.42. The van der Waals surface area contributed by atoms with E-state index >= 15 is 0 Å². The molecule has 2 heterocycles. The van der Waals surface area contributed by atoms with Gasteiger partial charge in [0.15, 0.2) is 23.1 Å². The highest BCUT2D eigenvalue weighted by atomic mass is 19.2. The summed E-state index contributed by atoms with van der Waals surface area (Å²) in [4.78, 5) is 44.6. The molecule has 2 atom stereocenters. The van der Waals surface area contributed by atoms with Gasteiger partial charge in [-0.15, -0.1) is 0 Å². The first-order valence-corrected chi connectivity index (χ1v) is 12.1. The van der Waals surface area contributed by atoms with E-state index in [1.165, 1.54) is 11.0 Å². The Kier molecular flexibility index (Phi) is 6.97. The van der Waals surface area contributed by atoms with E-state index in [0.29, 0.717) is 39.6 Å². The topological polar surface area (TPSA) is 123 Å². The van der Waals surface area contributed by atoms with Gasteiger partial charge >= 0.3 is 0 Å². The number of nitrogens with two attached hydrogens (primary N) is 1. The highest BCUT2D eigenvalue weighted by Crippen LogP contribution is 2.35. The van der Waals surface area contributed by atoms with Crippen molar-refractivity contribution in [3.63, 3.8) is 0 Å². The van der Waals surface area contributed by atoms with E-state index in [0.717, 1.165) is 12.1 Å². The summed E-state index contributed by atoms with van der Waals surface area (Å²) in [6.45, 7) is 1.23. The second-order valence-electron chi connectivity index (χ2n) is 9.22. The molecule has 9 nitrogen and oxygen atoms in total. The Morgan fingerprint density at radius 1 is 1.08 bits per heavy atom. The number of aliphatic imine (C=N–C) groups is 1. The van der Waals surface area contributed by atoms with E-state index in [2.05, 4.69) is 10.3 Å². The van der Waals surface area contributed by atoms with Gasteiger partial charge in [-0.1, -0.05) is 31.2 Å². The summed E-state index contributed by atoms with van der Waals surface area (Å²) >= 11 is 0. The Bertz CT molecular complexity index is 1510. The summed E-state index contributed by atoms with van der Waals surface area (Å²) in [5, 5.41) is 2.65. The van der Waals surface area contributed by atoms with Gasteiger partial charge < -0.3 is 20.5 Å². The Morgan fingerprint density at radius 2 is 1.85 bits per heavy atom. The van der Waals surface area contributed by atoms with Crippen molar-refractivity contribution in [1.82, 2.24) is 5.32 Å². The number of hydrogen-bond acceptors (Lipinski definition) is 6. The molecular formula is C28H24F2N4O5. The van der Waals surface area contributed by atoms with Gasteiger partial charge in [-0.2, -0.15) is 0 Å². The molecule has 11 heteroatoms. The number of primary amides is 1. The van der Waals surface area contributed by atoms with Crippen LogP contribution in [0.1, 0.15) is 23.6 Å². The van der Waals surface area contributed by atoms with Crippen LogP contribution in [-0.4, -0.2) is 42.9 Å². The molecule has 39 heavy (non-hydrogen) atoms. The molecule has 0 aliphatic carbocycles. The van der Waals surface area contributed by atoms with Gasteiger partial charge in [0.2, 0.25) is 24.8 Å². The van der Waals surface area contributed by atoms with Crippen molar-refractivity contribution in [3.8, 4) is 11.5 Å². The van der Waals surface area contributed by atoms with Crippen LogP contribution < -0.4 is 25.4 Å². The van der Waals surface area contributed by atoms with Crippen molar-refractivity contribution in [2.24, 2.45) is 16.6 Å². The molecule has 0 bridgehead atoms. The van der Waals surface area contributed by atoms with Crippen LogP contribution in [-0.2, 0) is 20.8 Å². The van der Waals surface area contributed by atoms with Crippen molar-refractivity contribution in [3.05, 3.63) is 89.0 Å². The molecule has 0 saturated heterocycles. The second kappa shape index (κ2) is 10.5. The molecule has 200 valence electrons. The molecule has 2 aliphatic rings. The maximum absolute atomic E-state index is 13.7. The lowest BCUT2D eigenvalue weighted by Gasteiger charge is -2.24. The number of benzene rings is 3. The fourth-order valence-corrected chi connectivity index (χ4v) is 4.51. The number of carbonyl (C=O) groups is 3. The van der Waals surface area contributed by atoms with E-state index < -0.39 is 48.0 Å². The van der Waals surface area contributed by atoms with Gasteiger partial charge in [0, 0.05) is 17.0 Å². The third kappa shape index (κ3) is 5.28. The monoisotopic (exact) mass is 534 g/mol. The van der Waals surface area contributed by atoms with Gasteiger partial charge in [0.25, 0.3) is 5.91 Å². The number of benzodiazepines with no additional fused rings is 1. The van der Waals surface area contributed by atoms with Gasteiger partial charge in [-0.3, -0.25) is 19.3 Å². The minimum Gasteiger partial charge on any atom is -0.454 e. The van der Waals surface area contributed by atoms with Crippen molar-refractivity contribution < 1.29 is 32.6 Å². The summed E-state index contributed by atoms with van der Waals surface area (Å²) in [5.74, 6) is -3.62. The van der Waals surface area contributed by atoms with Crippen LogP contribution in [0.5, 0.6) is 11.5 Å². The normalized spacial score (nSPS) is 16.7. The fourth-order valence-electron chi connectivity index (χ4n) is 4.51. The van der Waals surface area contributed by atoms with Crippen LogP contribution in [0.2, 0.25) is 0 Å². The van der Waals surface area contributed by atoms with Crippen LogP contribution in [0.15, 0.2) is 65.7 Å². The van der Waals surface area contributed by atoms with Crippen LogP contribution in [0, 0.1) is 17.6 Å². The number of halogens is 2. The van der Waals surface area contributed by atoms with Crippen molar-refractivity contribution in [1.29, 1.82) is 0 Å². The molecule has 5 rings (SSSR count). The van der Waals surface area contributed by atoms with Crippen LogP contribution in [0.3, 0.4) is 0 Å². The minimum atomic E-state index is -1.41. The largest absolute Gasteiger partial charge is 0.454 e. The van der Waals surface area contributed by atoms with Crippen molar-refractivity contribution >= 4 is 29.1 Å². The lowest BCUT2D eigenvalue weighted by molar-refractivity contribution is -0.129. The Balaban J connectivity index is 1.51. The summed E-state index contributed by atoms with van der Waals surface area (Å²) in [6.07, 6.45) is -1.31. The number of fused-ring (bicyclic) bond motifs is 2. The zero-order valence-corrected chi connectivity index (χ0v) is 20.8. The number of nitrogens with zero attached hydrogens (tertiary/aromatic N) is 2. The number of ether oxygens (including phenoxy) is 2. The number of hydrogen-bond donors (Lipinski definition) is 2. The van der Waals surface area contributed by atoms with Crippen molar-refractivity contribution in [2.45, 2.75) is 19.5 Å². The predicted octanol–water partition coefficient (Wildman–Crippen LogP) is 2.68. The summed E-state index contributed by atoms with van der Waals surface area (Å²) < 4.78 is 37.9. The molecular weight excluding hydrogens is 510 g/mol. The summed E-state index contributed by atoms with van der Waals surface area (Å²) in [6, 6.07) is 15.5. The molecule has 3 amide bonds. The lowest BCUT2D eigenvalue weighted by atomic mass is 9.99. The minimum absolute atomic E-state index is 0.0707. The maximum atomic E-state index is 13.7. The van der Waals surface area contributed by atoms with Gasteiger partial charge in [-0.25, -0.2) is 13.8 Å². The summed E-state index contributed by atoms with van der Waals surface area (Å²) in [7, 11) is 0. The quantitative estimate of drug-likeness (QED) is 0.483. The Labute approximate surface area is 222 Å². The first-order valence-electron chi connectivity index (χ1n) is 12.1. The van der Waals surface area contributed by atoms with Crippen LogP contribution in [0.4, 0.5) is 14.5 Å². The van der Waals surface area contributed by atoms with Gasteiger partial charge in [0.1, 0.15) is 6.54 Å². The zero-order valence-electron chi connectivity index (χ0n) is 20.8. The molecule has 0 spiro atoms. The number of anilines is 1. The molecule has 0 radical (unpaired) electrons. The molecule has 2 aliphatic heterocycles. The molecule has 1 unspecified atom stereocenters. The summed E-state index contributed by atoms with van der Waals surface area (Å²) in [5.41, 5.74) is 7.77. The lowest BCUT2D eigenvalue weighted by Crippen LogP contribution is -2.50. The first-order chi connectivity index (χ1) is 18.7. The van der Waals surface area contributed by atoms with E-state index in [1.54, 1.807) is 49.4 Å². The number of para-hydroxylation sites is 1. The van der Waals surface area contributed by atoms with E-state index in [9.17, 15) is 23.2 Å². The second-order valence-corrected chi connectivity index (χ2v) is 9.22. The van der Waals surface area contributed by atoms with E-state index in [-0.39, 0.29) is 13.2 Å². The predicted molar refractivity (Wildman–Crippen MR) is 137 cm³/mol. The third-order valence-corrected chi connectivity index (χ3v) is 6.42. The number of amides is 3. The fraction of sp³-hybridized carbons (Fsp3) is 0.214. The highest BCUT2D eigenvalue weighted by Gasteiger charge is 2.34. The van der Waals surface area contributed by atoms with E-state index in [4.69, 9.17) is 15.2 Å². The average molecular weight is 535 g/mol. The molecule has 0 saturated carbocycles. The molecule has 0 aromatic heterocycles. The van der Waals surface area contributed by atoms with Crippen LogP contribution >= 0.6 is 0 Å². The number of carbonyl (C=O) groups excluding carboxylic acids is 3.